The van der Waals surface area contributed by atoms with Crippen LogP contribution in [0.3, 0.4) is 0 Å². The van der Waals surface area contributed by atoms with Crippen molar-refractivity contribution in [3.05, 3.63) is 73.7 Å². The highest BCUT2D eigenvalue weighted by atomic mass is 79.9. The smallest absolute Gasteiger partial charge is 0.294 e. The number of ketones is 1. The molecule has 156 valence electrons. The number of carbonyl (C=O) groups is 1. The van der Waals surface area contributed by atoms with Crippen LogP contribution < -0.4 is 0 Å². The van der Waals surface area contributed by atoms with Gasteiger partial charge in [-0.1, -0.05) is 18.2 Å². The fourth-order valence-corrected chi connectivity index (χ4v) is 3.21. The lowest BCUT2D eigenvalue weighted by atomic mass is 9.95. The zero-order valence-electron chi connectivity index (χ0n) is 14.4. The van der Waals surface area contributed by atoms with Gasteiger partial charge in [0.15, 0.2) is 5.78 Å². The summed E-state index contributed by atoms with van der Waals surface area (Å²) in [6.07, 6.45) is -9.66. The number of rotatable bonds is 4. The third kappa shape index (κ3) is 5.69. The molecule has 1 nitrogen and oxygen atoms in total. The molecule has 0 radical (unpaired) electrons. The van der Waals surface area contributed by atoms with Gasteiger partial charge in [0, 0.05) is 20.1 Å². The standard InChI is InChI=1S/C19H11Br2F7O/c1-9(29)12-4-2-11(6-14(12)19(26,27)28)17(22)8-13(18(23,24)25)10-3-5-15(20)16(21)7-10/h2-8,13H,1H3/b17-8-. The highest BCUT2D eigenvalue weighted by Gasteiger charge is 2.40. The molecule has 0 fully saturated rings. The normalized spacial score (nSPS) is 14.1. The van der Waals surface area contributed by atoms with Crippen molar-refractivity contribution in [3.63, 3.8) is 0 Å². The Kier molecular flexibility index (Phi) is 6.99. The molecule has 0 aliphatic rings. The summed E-state index contributed by atoms with van der Waals surface area (Å²) in [7, 11) is 0. The Morgan fingerprint density at radius 2 is 1.59 bits per heavy atom. The van der Waals surface area contributed by atoms with Crippen LogP contribution in [0.15, 0.2) is 51.4 Å². The highest BCUT2D eigenvalue weighted by molar-refractivity contribution is 9.13. The van der Waals surface area contributed by atoms with Gasteiger partial charge < -0.3 is 0 Å². The second-order valence-electron chi connectivity index (χ2n) is 6.02. The second kappa shape index (κ2) is 8.59. The molecule has 0 saturated carbocycles. The van der Waals surface area contributed by atoms with Crippen LogP contribution in [-0.2, 0) is 6.18 Å². The molecule has 2 aromatic rings. The number of alkyl halides is 6. The maximum Gasteiger partial charge on any atom is 0.417 e. The first-order valence-corrected chi connectivity index (χ1v) is 9.42. The van der Waals surface area contributed by atoms with Crippen LogP contribution in [0.25, 0.3) is 5.83 Å². The van der Waals surface area contributed by atoms with Crippen molar-refractivity contribution < 1.29 is 35.5 Å². The lowest BCUT2D eigenvalue weighted by Crippen LogP contribution is -2.19. The summed E-state index contributed by atoms with van der Waals surface area (Å²) < 4.78 is 95.3. The molecule has 0 aromatic heterocycles. The molecule has 2 rings (SSSR count). The summed E-state index contributed by atoms with van der Waals surface area (Å²) in [5.74, 6) is -4.79. The van der Waals surface area contributed by atoms with Gasteiger partial charge in [-0.15, -0.1) is 0 Å². The van der Waals surface area contributed by atoms with E-state index in [0.29, 0.717) is 15.0 Å². The molecule has 0 amide bonds. The Bertz CT molecular complexity index is 962. The van der Waals surface area contributed by atoms with E-state index in [9.17, 15) is 35.5 Å². The van der Waals surface area contributed by atoms with Crippen LogP contribution in [0, 0.1) is 0 Å². The third-order valence-corrected chi connectivity index (χ3v) is 5.83. The van der Waals surface area contributed by atoms with Gasteiger partial charge in [-0.05, 0) is 68.6 Å². The van der Waals surface area contributed by atoms with Crippen molar-refractivity contribution in [3.8, 4) is 0 Å². The Morgan fingerprint density at radius 1 is 0.966 bits per heavy atom. The van der Waals surface area contributed by atoms with Gasteiger partial charge >= 0.3 is 12.4 Å². The van der Waals surface area contributed by atoms with Gasteiger partial charge in [-0.25, -0.2) is 4.39 Å². The molecule has 0 bridgehead atoms. The zero-order valence-corrected chi connectivity index (χ0v) is 17.6. The van der Waals surface area contributed by atoms with E-state index in [1.807, 2.05) is 0 Å². The highest BCUT2D eigenvalue weighted by Crippen LogP contribution is 2.41. The SMILES string of the molecule is CC(=O)c1ccc(/C(F)=C/C(c2ccc(Br)c(Br)c2)C(F)(F)F)cc1C(F)(F)F. The first-order valence-electron chi connectivity index (χ1n) is 7.83. The van der Waals surface area contributed by atoms with Crippen LogP contribution in [-0.4, -0.2) is 12.0 Å². The van der Waals surface area contributed by atoms with Crippen molar-refractivity contribution in [1.82, 2.24) is 0 Å². The molecule has 0 aliphatic carbocycles. The lowest BCUT2D eigenvalue weighted by Gasteiger charge is -2.19. The van der Waals surface area contributed by atoms with E-state index in [-0.39, 0.29) is 11.6 Å². The number of halogens is 9. The molecule has 2 aromatic carbocycles. The molecule has 0 N–H and O–H groups in total. The first-order chi connectivity index (χ1) is 13.2. The first kappa shape index (κ1) is 23.6. The van der Waals surface area contributed by atoms with E-state index >= 15 is 0 Å². The molecular formula is C19H11Br2F7O. The molecule has 1 unspecified atom stereocenters. The lowest BCUT2D eigenvalue weighted by molar-refractivity contribution is -0.140. The number of Topliss-reactive ketones (excluding diaryl/α,β-unsaturated/α-hetero) is 1. The summed E-state index contributed by atoms with van der Waals surface area (Å²) in [6, 6.07) is 5.49. The third-order valence-electron chi connectivity index (χ3n) is 3.95. The average molecular weight is 548 g/mol. The monoisotopic (exact) mass is 546 g/mol. The van der Waals surface area contributed by atoms with Crippen molar-refractivity contribution in [1.29, 1.82) is 0 Å². The summed E-state index contributed by atoms with van der Waals surface area (Å²) in [5.41, 5.74) is -3.13. The van der Waals surface area contributed by atoms with Crippen LogP contribution in [0.4, 0.5) is 30.7 Å². The predicted octanol–water partition coefficient (Wildman–Crippen LogP) is 8.09. The van der Waals surface area contributed by atoms with Gasteiger partial charge in [0.05, 0.1) is 5.56 Å². The summed E-state index contributed by atoms with van der Waals surface area (Å²) in [4.78, 5) is 11.4. The molecular weight excluding hydrogens is 537 g/mol. The van der Waals surface area contributed by atoms with Gasteiger partial charge in [0.25, 0.3) is 0 Å². The number of hydrogen-bond acceptors (Lipinski definition) is 1. The van der Waals surface area contributed by atoms with E-state index in [0.717, 1.165) is 31.2 Å². The maximum atomic E-state index is 14.6. The number of carbonyl (C=O) groups excluding carboxylic acids is 1. The Morgan fingerprint density at radius 3 is 2.07 bits per heavy atom. The largest absolute Gasteiger partial charge is 0.417 e. The summed E-state index contributed by atoms with van der Waals surface area (Å²) in [6.45, 7) is 0.904. The Labute approximate surface area is 177 Å². The molecule has 0 saturated heterocycles. The van der Waals surface area contributed by atoms with Crippen LogP contribution >= 0.6 is 31.9 Å². The number of allylic oxidation sites excluding steroid dienone is 1. The molecule has 29 heavy (non-hydrogen) atoms. The summed E-state index contributed by atoms with van der Waals surface area (Å²) >= 11 is 6.17. The molecule has 10 heteroatoms. The Hall–Kier alpha value is -1.68. The maximum absolute atomic E-state index is 14.6. The van der Waals surface area contributed by atoms with Crippen molar-refractivity contribution in [2.24, 2.45) is 0 Å². The minimum atomic E-state index is -4.97. The minimum absolute atomic E-state index is 0.207. The second-order valence-corrected chi connectivity index (χ2v) is 7.73. The van der Waals surface area contributed by atoms with Crippen LogP contribution in [0.1, 0.15) is 39.9 Å². The van der Waals surface area contributed by atoms with Crippen molar-refractivity contribution in [2.75, 3.05) is 0 Å². The van der Waals surface area contributed by atoms with E-state index in [1.54, 1.807) is 0 Å². The summed E-state index contributed by atoms with van der Waals surface area (Å²) in [5, 5.41) is 0. The number of hydrogen-bond donors (Lipinski definition) is 0. The minimum Gasteiger partial charge on any atom is -0.294 e. The number of benzene rings is 2. The van der Waals surface area contributed by atoms with E-state index in [4.69, 9.17) is 0 Å². The van der Waals surface area contributed by atoms with Crippen molar-refractivity contribution in [2.45, 2.75) is 25.2 Å². The molecule has 0 spiro atoms. The molecule has 0 heterocycles. The van der Waals surface area contributed by atoms with E-state index in [2.05, 4.69) is 31.9 Å². The Balaban J connectivity index is 2.58. The average Bonchev–Trinajstić information content (AvgIpc) is 2.59. The van der Waals surface area contributed by atoms with Gasteiger partial charge in [0.1, 0.15) is 11.7 Å². The molecule has 1 atom stereocenters. The van der Waals surface area contributed by atoms with E-state index < -0.39 is 46.6 Å². The van der Waals surface area contributed by atoms with E-state index in [1.165, 1.54) is 6.07 Å². The van der Waals surface area contributed by atoms with Gasteiger partial charge in [-0.2, -0.15) is 26.3 Å². The fraction of sp³-hybridized carbons (Fsp3) is 0.211. The predicted molar refractivity (Wildman–Crippen MR) is 101 cm³/mol. The van der Waals surface area contributed by atoms with Gasteiger partial charge in [0.2, 0.25) is 0 Å². The quantitative estimate of drug-likeness (QED) is 0.279. The van der Waals surface area contributed by atoms with Gasteiger partial charge in [-0.3, -0.25) is 4.79 Å². The van der Waals surface area contributed by atoms with Crippen LogP contribution in [0.5, 0.6) is 0 Å². The van der Waals surface area contributed by atoms with Crippen molar-refractivity contribution >= 4 is 43.5 Å². The fourth-order valence-electron chi connectivity index (χ4n) is 2.56. The van der Waals surface area contributed by atoms with Crippen LogP contribution in [0.2, 0.25) is 0 Å². The molecule has 0 aliphatic heterocycles. The zero-order chi connectivity index (χ0) is 22.1. The topological polar surface area (TPSA) is 17.1 Å².